The molecule has 3 aliphatic rings. The Morgan fingerprint density at radius 3 is 2.68 bits per heavy atom. The zero-order valence-electron chi connectivity index (χ0n) is 15.3. The zero-order chi connectivity index (χ0) is 19.1. The molecule has 0 bridgehead atoms. The van der Waals surface area contributed by atoms with Crippen LogP contribution in [-0.4, -0.2) is 37.5 Å². The number of halogens is 1. The Morgan fingerprint density at radius 2 is 1.89 bits per heavy atom. The maximum absolute atomic E-state index is 14.4. The number of nitrogens with zero attached hydrogens (tertiary/aromatic N) is 1. The van der Waals surface area contributed by atoms with Crippen LogP contribution in [-0.2, 0) is 4.74 Å². The van der Waals surface area contributed by atoms with Crippen LogP contribution in [0.15, 0.2) is 42.5 Å². The van der Waals surface area contributed by atoms with Gasteiger partial charge in [-0.05, 0) is 30.5 Å². The molecule has 2 fully saturated rings. The Labute approximate surface area is 162 Å². The largest absolute Gasteiger partial charge is 0.454 e. The van der Waals surface area contributed by atoms with Gasteiger partial charge in [0.1, 0.15) is 5.69 Å². The summed E-state index contributed by atoms with van der Waals surface area (Å²) in [4.78, 5) is 14.9. The van der Waals surface area contributed by atoms with E-state index in [1.807, 2.05) is 30.3 Å². The molecule has 0 radical (unpaired) electrons. The summed E-state index contributed by atoms with van der Waals surface area (Å²) in [6, 6.07) is 12.4. The number of anilines is 1. The highest BCUT2D eigenvalue weighted by Gasteiger charge is 2.55. The molecule has 0 saturated carbocycles. The van der Waals surface area contributed by atoms with Gasteiger partial charge in [-0.2, -0.15) is 0 Å². The molecule has 0 aliphatic carbocycles. The molecule has 2 amide bonds. The molecular weight excluding hydrogens is 363 g/mol. The van der Waals surface area contributed by atoms with Crippen LogP contribution in [0.4, 0.5) is 14.9 Å². The van der Waals surface area contributed by atoms with Crippen molar-refractivity contribution < 1.29 is 23.4 Å². The standard InChI is InChI=1S/C21H21FN2O4/c22-15-6-7-16-18(28-13-27-16)17(15)23-20(25)24-12-21(8-10-26-11-9-21)19(24)14-4-2-1-3-5-14/h1-7,19H,8-13H2,(H,23,25). The Kier molecular flexibility index (Phi) is 4.12. The fourth-order valence-corrected chi connectivity index (χ4v) is 4.55. The van der Waals surface area contributed by atoms with Crippen LogP contribution in [0.2, 0.25) is 0 Å². The number of hydrogen-bond donors (Lipinski definition) is 1. The highest BCUT2D eigenvalue weighted by molar-refractivity contribution is 5.93. The molecular formula is C21H21FN2O4. The van der Waals surface area contributed by atoms with Gasteiger partial charge in [-0.25, -0.2) is 9.18 Å². The van der Waals surface area contributed by atoms with Gasteiger partial charge >= 0.3 is 6.03 Å². The van der Waals surface area contributed by atoms with E-state index in [2.05, 4.69) is 5.32 Å². The van der Waals surface area contributed by atoms with Crippen molar-refractivity contribution in [1.82, 2.24) is 4.90 Å². The lowest BCUT2D eigenvalue weighted by atomic mass is 9.64. The van der Waals surface area contributed by atoms with E-state index in [-0.39, 0.29) is 35.7 Å². The lowest BCUT2D eigenvalue weighted by Crippen LogP contribution is -2.63. The van der Waals surface area contributed by atoms with Gasteiger partial charge < -0.3 is 24.4 Å². The number of urea groups is 1. The van der Waals surface area contributed by atoms with E-state index in [0.717, 1.165) is 18.4 Å². The second-order valence-electron chi connectivity index (χ2n) is 7.50. The van der Waals surface area contributed by atoms with Gasteiger partial charge in [0, 0.05) is 25.2 Å². The van der Waals surface area contributed by atoms with Crippen LogP contribution < -0.4 is 14.8 Å². The van der Waals surface area contributed by atoms with Crippen molar-refractivity contribution in [3.63, 3.8) is 0 Å². The van der Waals surface area contributed by atoms with Crippen LogP contribution in [0.3, 0.4) is 0 Å². The Balaban J connectivity index is 1.43. The third-order valence-electron chi connectivity index (χ3n) is 5.96. The van der Waals surface area contributed by atoms with Crippen LogP contribution in [0.5, 0.6) is 11.5 Å². The van der Waals surface area contributed by atoms with E-state index in [9.17, 15) is 9.18 Å². The molecule has 1 spiro atoms. The quantitative estimate of drug-likeness (QED) is 0.852. The maximum atomic E-state index is 14.4. The van der Waals surface area contributed by atoms with Gasteiger partial charge in [0.15, 0.2) is 17.3 Å². The Morgan fingerprint density at radius 1 is 1.11 bits per heavy atom. The summed E-state index contributed by atoms with van der Waals surface area (Å²) in [7, 11) is 0. The predicted molar refractivity (Wildman–Crippen MR) is 99.9 cm³/mol. The van der Waals surface area contributed by atoms with Gasteiger partial charge in [-0.1, -0.05) is 30.3 Å². The first-order chi connectivity index (χ1) is 13.7. The van der Waals surface area contributed by atoms with Crippen molar-refractivity contribution in [2.75, 3.05) is 31.9 Å². The van der Waals surface area contributed by atoms with Crippen molar-refractivity contribution in [3.8, 4) is 11.5 Å². The van der Waals surface area contributed by atoms with E-state index < -0.39 is 5.82 Å². The van der Waals surface area contributed by atoms with Crippen molar-refractivity contribution in [2.45, 2.75) is 18.9 Å². The molecule has 3 heterocycles. The average Bonchev–Trinajstić information content (AvgIpc) is 3.19. The molecule has 1 N–H and O–H groups in total. The summed E-state index contributed by atoms with van der Waals surface area (Å²) in [6.45, 7) is 2.03. The lowest BCUT2D eigenvalue weighted by Gasteiger charge is -2.59. The minimum atomic E-state index is -0.546. The fourth-order valence-electron chi connectivity index (χ4n) is 4.55. The number of carbonyl (C=O) groups is 1. The first kappa shape index (κ1) is 17.3. The molecule has 5 rings (SSSR count). The van der Waals surface area contributed by atoms with Crippen molar-refractivity contribution in [2.24, 2.45) is 5.41 Å². The summed E-state index contributed by atoms with van der Waals surface area (Å²) in [5.41, 5.74) is 1.12. The van der Waals surface area contributed by atoms with Gasteiger partial charge in [0.2, 0.25) is 6.79 Å². The third-order valence-corrected chi connectivity index (χ3v) is 5.96. The molecule has 0 aromatic heterocycles. The maximum Gasteiger partial charge on any atom is 0.322 e. The highest BCUT2D eigenvalue weighted by atomic mass is 19.1. The van der Waals surface area contributed by atoms with Crippen molar-refractivity contribution in [3.05, 3.63) is 53.8 Å². The average molecular weight is 384 g/mol. The van der Waals surface area contributed by atoms with E-state index in [0.29, 0.717) is 25.5 Å². The van der Waals surface area contributed by atoms with E-state index in [1.165, 1.54) is 12.1 Å². The fraction of sp³-hybridized carbons (Fsp3) is 0.381. The minimum Gasteiger partial charge on any atom is -0.454 e. The topological polar surface area (TPSA) is 60.0 Å². The Bertz CT molecular complexity index is 899. The first-order valence-electron chi connectivity index (χ1n) is 9.46. The van der Waals surface area contributed by atoms with Crippen LogP contribution in [0.25, 0.3) is 0 Å². The van der Waals surface area contributed by atoms with E-state index in [1.54, 1.807) is 4.90 Å². The number of fused-ring (bicyclic) bond motifs is 1. The van der Waals surface area contributed by atoms with Crippen molar-refractivity contribution >= 4 is 11.7 Å². The molecule has 28 heavy (non-hydrogen) atoms. The number of benzene rings is 2. The second kappa shape index (κ2) is 6.67. The summed E-state index contributed by atoms with van der Waals surface area (Å²) in [6.07, 6.45) is 1.81. The predicted octanol–water partition coefficient (Wildman–Crippen LogP) is 3.94. The molecule has 2 aromatic rings. The number of rotatable bonds is 2. The van der Waals surface area contributed by atoms with Gasteiger partial charge in [-0.3, -0.25) is 0 Å². The summed E-state index contributed by atoms with van der Waals surface area (Å²) < 4.78 is 30.6. The number of nitrogens with one attached hydrogen (secondary N) is 1. The molecule has 1 unspecified atom stereocenters. The Hall–Kier alpha value is -2.80. The van der Waals surface area contributed by atoms with Gasteiger partial charge in [0.25, 0.3) is 0 Å². The number of carbonyl (C=O) groups excluding carboxylic acids is 1. The minimum absolute atomic E-state index is 0.00767. The van der Waals surface area contributed by atoms with Gasteiger partial charge in [-0.15, -0.1) is 0 Å². The molecule has 3 aliphatic heterocycles. The molecule has 7 heteroatoms. The molecule has 146 valence electrons. The first-order valence-corrected chi connectivity index (χ1v) is 9.46. The number of amides is 2. The SMILES string of the molecule is O=C(Nc1c(F)ccc2c1OCO2)N1CC2(CCOCC2)C1c1ccccc1. The summed E-state index contributed by atoms with van der Waals surface area (Å²) in [5, 5.41) is 2.71. The summed E-state index contributed by atoms with van der Waals surface area (Å²) >= 11 is 0. The molecule has 6 nitrogen and oxygen atoms in total. The monoisotopic (exact) mass is 384 g/mol. The van der Waals surface area contributed by atoms with E-state index >= 15 is 0 Å². The van der Waals surface area contributed by atoms with Gasteiger partial charge in [0.05, 0.1) is 6.04 Å². The molecule has 2 saturated heterocycles. The van der Waals surface area contributed by atoms with Crippen LogP contribution in [0.1, 0.15) is 24.4 Å². The highest BCUT2D eigenvalue weighted by Crippen LogP contribution is 2.55. The van der Waals surface area contributed by atoms with Crippen LogP contribution >= 0.6 is 0 Å². The number of ether oxygens (including phenoxy) is 3. The van der Waals surface area contributed by atoms with Crippen molar-refractivity contribution in [1.29, 1.82) is 0 Å². The second-order valence-corrected chi connectivity index (χ2v) is 7.50. The normalized spacial score (nSPS) is 22.0. The van der Waals surface area contributed by atoms with Crippen LogP contribution in [0, 0.1) is 11.2 Å². The summed E-state index contributed by atoms with van der Waals surface area (Å²) in [5.74, 6) is 0.127. The third kappa shape index (κ3) is 2.69. The van der Waals surface area contributed by atoms with E-state index in [4.69, 9.17) is 14.2 Å². The molecule has 1 atom stereocenters. The zero-order valence-corrected chi connectivity index (χ0v) is 15.3. The lowest BCUT2D eigenvalue weighted by molar-refractivity contribution is -0.109. The number of hydrogen-bond acceptors (Lipinski definition) is 4. The smallest absolute Gasteiger partial charge is 0.322 e. The number of likely N-dealkylation sites (tertiary alicyclic amines) is 1. The molecule has 2 aromatic carbocycles.